The molecule has 0 spiro atoms. The number of carbonyl (C=O) groups is 1. The zero-order valence-electron chi connectivity index (χ0n) is 17.0. The zero-order chi connectivity index (χ0) is 21.1. The van der Waals surface area contributed by atoms with E-state index in [0.717, 1.165) is 24.8 Å². The van der Waals surface area contributed by atoms with E-state index in [0.29, 0.717) is 32.1 Å². The van der Waals surface area contributed by atoms with Crippen LogP contribution in [-0.2, 0) is 21.2 Å². The highest BCUT2D eigenvalue weighted by Crippen LogP contribution is 2.31. The number of sulfonamides is 1. The van der Waals surface area contributed by atoms with Crippen molar-refractivity contribution in [3.63, 3.8) is 0 Å². The largest absolute Gasteiger partial charge is 0.496 e. The Labute approximate surface area is 177 Å². The average molecular weight is 431 g/mol. The molecule has 2 aromatic rings. The third kappa shape index (κ3) is 4.08. The summed E-state index contributed by atoms with van der Waals surface area (Å²) >= 11 is 0. The molecule has 1 fully saturated rings. The molecule has 4 rings (SSSR count). The standard InChI is InChI=1S/C22H26N2O5S/c1-28-21-10-9-17(30(26,27)24-11-13-29-14-12-24)15-19(21)22(25)23-20-8-4-6-16-5-2-3-7-18(16)20/h2-3,5,7,9-10,15,20H,4,6,8,11-14H2,1H3,(H,23,25). The van der Waals surface area contributed by atoms with Gasteiger partial charge in [-0.25, -0.2) is 8.42 Å². The molecule has 8 heteroatoms. The van der Waals surface area contributed by atoms with Crippen molar-refractivity contribution in [2.45, 2.75) is 30.2 Å². The van der Waals surface area contributed by atoms with Crippen molar-refractivity contribution >= 4 is 15.9 Å². The molecule has 1 unspecified atom stereocenters. The van der Waals surface area contributed by atoms with Crippen LogP contribution in [0.1, 0.15) is 40.4 Å². The van der Waals surface area contributed by atoms with E-state index in [9.17, 15) is 13.2 Å². The molecule has 1 atom stereocenters. The molecular formula is C22H26N2O5S. The molecule has 1 saturated heterocycles. The lowest BCUT2D eigenvalue weighted by atomic mass is 9.87. The third-order valence-corrected chi connectivity index (χ3v) is 7.59. The summed E-state index contributed by atoms with van der Waals surface area (Å²) in [5.74, 6) is 0.00472. The first kappa shape index (κ1) is 20.8. The van der Waals surface area contributed by atoms with Gasteiger partial charge in [0.05, 0.1) is 36.8 Å². The van der Waals surface area contributed by atoms with Gasteiger partial charge in [0.1, 0.15) is 5.75 Å². The summed E-state index contributed by atoms with van der Waals surface area (Å²) < 4.78 is 38.0. The summed E-state index contributed by atoms with van der Waals surface area (Å²) in [7, 11) is -2.24. The second kappa shape index (κ2) is 8.75. The van der Waals surface area contributed by atoms with Gasteiger partial charge >= 0.3 is 0 Å². The van der Waals surface area contributed by atoms with Crippen LogP contribution in [-0.4, -0.2) is 52.0 Å². The number of ether oxygens (including phenoxy) is 2. The fraction of sp³-hybridized carbons (Fsp3) is 0.409. The number of nitrogens with one attached hydrogen (secondary N) is 1. The maximum absolute atomic E-state index is 13.1. The van der Waals surface area contributed by atoms with Crippen molar-refractivity contribution < 1.29 is 22.7 Å². The molecule has 160 valence electrons. The first-order valence-corrected chi connectivity index (χ1v) is 11.6. The highest BCUT2D eigenvalue weighted by atomic mass is 32.2. The Hall–Kier alpha value is -2.42. The van der Waals surface area contributed by atoms with Crippen molar-refractivity contribution in [3.8, 4) is 5.75 Å². The second-order valence-electron chi connectivity index (χ2n) is 7.50. The van der Waals surface area contributed by atoms with E-state index in [1.54, 1.807) is 0 Å². The Bertz CT molecular complexity index is 1030. The highest BCUT2D eigenvalue weighted by Gasteiger charge is 2.29. The first-order chi connectivity index (χ1) is 14.5. The first-order valence-electron chi connectivity index (χ1n) is 10.2. The molecule has 1 heterocycles. The minimum absolute atomic E-state index is 0.0828. The zero-order valence-corrected chi connectivity index (χ0v) is 17.8. The number of nitrogens with zero attached hydrogens (tertiary/aromatic N) is 1. The summed E-state index contributed by atoms with van der Waals surface area (Å²) in [6.45, 7) is 1.33. The van der Waals surface area contributed by atoms with E-state index in [1.165, 1.54) is 35.2 Å². The van der Waals surface area contributed by atoms with Gasteiger partial charge in [-0.2, -0.15) is 4.31 Å². The Balaban J connectivity index is 1.62. The number of rotatable bonds is 5. The number of hydrogen-bond donors (Lipinski definition) is 1. The topological polar surface area (TPSA) is 84.9 Å². The van der Waals surface area contributed by atoms with E-state index in [2.05, 4.69) is 11.4 Å². The monoisotopic (exact) mass is 430 g/mol. The van der Waals surface area contributed by atoms with Crippen LogP contribution in [0.3, 0.4) is 0 Å². The Morgan fingerprint density at radius 1 is 1.17 bits per heavy atom. The van der Waals surface area contributed by atoms with Gasteiger partial charge in [0.15, 0.2) is 0 Å². The summed E-state index contributed by atoms with van der Waals surface area (Å²) in [5, 5.41) is 3.08. The lowest BCUT2D eigenvalue weighted by Crippen LogP contribution is -2.40. The van der Waals surface area contributed by atoms with Gasteiger partial charge in [0.2, 0.25) is 10.0 Å². The van der Waals surface area contributed by atoms with E-state index in [-0.39, 0.29) is 22.4 Å². The van der Waals surface area contributed by atoms with Gasteiger partial charge in [0.25, 0.3) is 5.91 Å². The minimum Gasteiger partial charge on any atom is -0.496 e. The van der Waals surface area contributed by atoms with E-state index in [1.807, 2.05) is 18.2 Å². The number of fused-ring (bicyclic) bond motifs is 1. The van der Waals surface area contributed by atoms with Gasteiger partial charge < -0.3 is 14.8 Å². The van der Waals surface area contributed by atoms with Gasteiger partial charge in [0, 0.05) is 13.1 Å². The molecule has 0 radical (unpaired) electrons. The summed E-state index contributed by atoms with van der Waals surface area (Å²) in [6.07, 6.45) is 2.83. The van der Waals surface area contributed by atoms with Crippen LogP contribution in [0.25, 0.3) is 0 Å². The quantitative estimate of drug-likeness (QED) is 0.788. The summed E-state index contributed by atoms with van der Waals surface area (Å²) in [5.41, 5.74) is 2.58. The summed E-state index contributed by atoms with van der Waals surface area (Å²) in [4.78, 5) is 13.2. The molecule has 1 amide bonds. The Morgan fingerprint density at radius 3 is 2.70 bits per heavy atom. The van der Waals surface area contributed by atoms with Crippen LogP contribution < -0.4 is 10.1 Å². The van der Waals surface area contributed by atoms with Gasteiger partial charge in [-0.1, -0.05) is 24.3 Å². The van der Waals surface area contributed by atoms with Crippen molar-refractivity contribution in [1.29, 1.82) is 0 Å². The van der Waals surface area contributed by atoms with Gasteiger partial charge in [-0.15, -0.1) is 0 Å². The molecule has 7 nitrogen and oxygen atoms in total. The molecule has 1 aliphatic heterocycles. The van der Waals surface area contributed by atoms with Crippen molar-refractivity contribution in [3.05, 3.63) is 59.2 Å². The maximum atomic E-state index is 13.1. The van der Waals surface area contributed by atoms with Crippen LogP contribution in [0.15, 0.2) is 47.4 Å². The molecule has 0 bridgehead atoms. The second-order valence-corrected chi connectivity index (χ2v) is 9.43. The molecule has 0 saturated carbocycles. The molecule has 2 aliphatic rings. The number of amides is 1. The lowest BCUT2D eigenvalue weighted by molar-refractivity contribution is 0.0730. The van der Waals surface area contributed by atoms with Crippen LogP contribution in [0, 0.1) is 0 Å². The predicted octanol–water partition coefficient (Wildman–Crippen LogP) is 2.52. The SMILES string of the molecule is COc1ccc(S(=O)(=O)N2CCOCC2)cc1C(=O)NC1CCCc2ccccc21. The summed E-state index contributed by atoms with van der Waals surface area (Å²) in [6, 6.07) is 12.4. The average Bonchev–Trinajstić information content (AvgIpc) is 2.79. The lowest BCUT2D eigenvalue weighted by Gasteiger charge is -2.27. The normalized spacial score (nSPS) is 19.7. The predicted molar refractivity (Wildman–Crippen MR) is 112 cm³/mol. The smallest absolute Gasteiger partial charge is 0.255 e. The van der Waals surface area contributed by atoms with Crippen LogP contribution in [0.2, 0.25) is 0 Å². The van der Waals surface area contributed by atoms with Crippen LogP contribution in [0.4, 0.5) is 0 Å². The Kier molecular flexibility index (Phi) is 6.08. The molecule has 1 N–H and O–H groups in total. The van der Waals surface area contributed by atoms with Crippen molar-refractivity contribution in [2.75, 3.05) is 33.4 Å². The van der Waals surface area contributed by atoms with Crippen LogP contribution in [0.5, 0.6) is 5.75 Å². The number of aryl methyl sites for hydroxylation is 1. The minimum atomic E-state index is -3.71. The molecule has 30 heavy (non-hydrogen) atoms. The fourth-order valence-electron chi connectivity index (χ4n) is 4.10. The molecule has 0 aromatic heterocycles. The van der Waals surface area contributed by atoms with E-state index >= 15 is 0 Å². The molecule has 1 aliphatic carbocycles. The van der Waals surface area contributed by atoms with Crippen molar-refractivity contribution in [2.24, 2.45) is 0 Å². The fourth-order valence-corrected chi connectivity index (χ4v) is 5.54. The molecular weight excluding hydrogens is 404 g/mol. The van der Waals surface area contributed by atoms with E-state index in [4.69, 9.17) is 9.47 Å². The number of benzene rings is 2. The van der Waals surface area contributed by atoms with Gasteiger partial charge in [-0.05, 0) is 48.6 Å². The maximum Gasteiger partial charge on any atom is 0.255 e. The van der Waals surface area contributed by atoms with Crippen molar-refractivity contribution in [1.82, 2.24) is 9.62 Å². The third-order valence-electron chi connectivity index (χ3n) is 5.70. The van der Waals surface area contributed by atoms with Gasteiger partial charge in [-0.3, -0.25) is 4.79 Å². The van der Waals surface area contributed by atoms with Crippen LogP contribution >= 0.6 is 0 Å². The molecule has 2 aromatic carbocycles. The Morgan fingerprint density at radius 2 is 1.93 bits per heavy atom. The number of carbonyl (C=O) groups excluding carboxylic acids is 1. The highest BCUT2D eigenvalue weighted by molar-refractivity contribution is 7.89. The number of methoxy groups -OCH3 is 1. The number of hydrogen-bond acceptors (Lipinski definition) is 5. The van der Waals surface area contributed by atoms with E-state index < -0.39 is 10.0 Å². The number of morpholine rings is 1.